The number of aryl methyl sites for hydroxylation is 1. The Morgan fingerprint density at radius 1 is 1.24 bits per heavy atom. The Balaban J connectivity index is 0.000000569. The largest absolute Gasteiger partial charge is 0.288 e. The van der Waals surface area contributed by atoms with Crippen molar-refractivity contribution in [2.24, 2.45) is 5.10 Å². The van der Waals surface area contributed by atoms with Crippen LogP contribution in [0.2, 0.25) is 0 Å². The second-order valence-electron chi connectivity index (χ2n) is 5.91. The number of nitrogens with zero attached hydrogens (tertiary/aromatic N) is 1. The molecule has 1 unspecified atom stereocenters. The van der Waals surface area contributed by atoms with Gasteiger partial charge in [0.15, 0.2) is 0 Å². The number of halogens is 2. The molecule has 25 heavy (non-hydrogen) atoms. The number of hydrazone groups is 1. The van der Waals surface area contributed by atoms with Gasteiger partial charge in [0.2, 0.25) is 0 Å². The predicted molar refractivity (Wildman–Crippen MR) is 105 cm³/mol. The van der Waals surface area contributed by atoms with Crippen LogP contribution in [0.15, 0.2) is 47.6 Å². The quantitative estimate of drug-likeness (QED) is 0.697. The number of rotatable bonds is 1. The van der Waals surface area contributed by atoms with E-state index >= 15 is 0 Å². The number of benzene rings is 2. The summed E-state index contributed by atoms with van der Waals surface area (Å²) in [7, 11) is 1.17. The maximum atomic E-state index is 14.0. The lowest BCUT2D eigenvalue weighted by Crippen LogP contribution is -2.36. The normalized spacial score (nSPS) is 21.2. The predicted octanol–water partition coefficient (Wildman–Crippen LogP) is 5.15. The van der Waals surface area contributed by atoms with Gasteiger partial charge in [-0.1, -0.05) is 42.3 Å². The highest BCUT2D eigenvalue weighted by Gasteiger charge is 2.42. The number of nitrogens with one attached hydrogen (secondary N) is 1. The van der Waals surface area contributed by atoms with Crippen LogP contribution in [0.25, 0.3) is 0 Å². The molecule has 0 fully saturated rings. The molecule has 2 nitrogen and oxygen atoms in total. The van der Waals surface area contributed by atoms with Gasteiger partial charge >= 0.3 is 0 Å². The van der Waals surface area contributed by atoms with E-state index in [1.807, 2.05) is 18.8 Å². The third kappa shape index (κ3) is 3.63. The van der Waals surface area contributed by atoms with E-state index in [0.29, 0.717) is 5.04 Å². The third-order valence-electron chi connectivity index (χ3n) is 4.20. The van der Waals surface area contributed by atoms with Gasteiger partial charge < -0.3 is 0 Å². The van der Waals surface area contributed by atoms with Crippen molar-refractivity contribution >= 4 is 31.3 Å². The minimum absolute atomic E-state index is 0.220. The van der Waals surface area contributed by atoms with Gasteiger partial charge in [0.25, 0.3) is 0 Å². The van der Waals surface area contributed by atoms with E-state index in [0.717, 1.165) is 31.4 Å². The molecule has 0 radical (unpaired) electrons. The topological polar surface area (TPSA) is 24.4 Å². The fourth-order valence-electron chi connectivity index (χ4n) is 3.15. The summed E-state index contributed by atoms with van der Waals surface area (Å²) in [6, 6.07) is 11.7. The molecule has 2 aromatic rings. The molecule has 130 valence electrons. The maximum Gasteiger partial charge on any atom is 0.133 e. The molecule has 0 bridgehead atoms. The lowest BCUT2D eigenvalue weighted by molar-refractivity contribution is 0.436. The summed E-state index contributed by atoms with van der Waals surface area (Å²) < 4.78 is 27.4. The van der Waals surface area contributed by atoms with E-state index in [1.54, 1.807) is 0 Å². The van der Waals surface area contributed by atoms with Gasteiger partial charge in [-0.2, -0.15) is 5.10 Å². The van der Waals surface area contributed by atoms with Crippen molar-refractivity contribution in [2.75, 3.05) is 6.66 Å². The van der Waals surface area contributed by atoms with Crippen LogP contribution < -0.4 is 5.43 Å². The highest BCUT2D eigenvalue weighted by molar-refractivity contribution is 8.15. The molecular weight excluding hydrogens is 357 g/mol. The SMILES string of the molecule is C=PC.Fc1ccc(F)c(C2=NNC3(CCCc4ccccc43)S2)c1. The number of fused-ring (bicyclic) bond motifs is 2. The molecule has 2 aromatic carbocycles. The molecule has 0 aromatic heterocycles. The lowest BCUT2D eigenvalue weighted by Gasteiger charge is -2.34. The van der Waals surface area contributed by atoms with Crippen molar-refractivity contribution in [3.63, 3.8) is 0 Å². The standard InChI is InChI=1S/C17H14F2N2S.C2H5P/c18-12-7-8-15(19)13(10-12)16-20-21-17(22-16)9-3-5-11-4-1-2-6-14(11)17;1-3-2/h1-2,4,6-8,10,21H,3,5,9H2;1H2,2H3. The highest BCUT2D eigenvalue weighted by Crippen LogP contribution is 2.48. The molecular formula is C19H19F2N2PS. The average Bonchev–Trinajstić information content (AvgIpc) is 3.03. The van der Waals surface area contributed by atoms with Crippen LogP contribution in [-0.2, 0) is 11.3 Å². The summed E-state index contributed by atoms with van der Waals surface area (Å²) >= 11 is 1.48. The summed E-state index contributed by atoms with van der Waals surface area (Å²) in [6.45, 7) is 1.99. The Hall–Kier alpha value is -1.71. The first-order valence-electron chi connectivity index (χ1n) is 8.02. The monoisotopic (exact) mass is 376 g/mol. The average molecular weight is 376 g/mol. The Bertz CT molecular complexity index is 825. The summed E-state index contributed by atoms with van der Waals surface area (Å²) in [5.41, 5.74) is 5.90. The first kappa shape index (κ1) is 18.1. The minimum atomic E-state index is -0.454. The Morgan fingerprint density at radius 2 is 2.00 bits per heavy atom. The number of hydrogen-bond acceptors (Lipinski definition) is 3. The second kappa shape index (κ2) is 7.67. The summed E-state index contributed by atoms with van der Waals surface area (Å²) in [4.78, 5) is -0.358. The first-order chi connectivity index (χ1) is 12.1. The van der Waals surface area contributed by atoms with Crippen molar-refractivity contribution in [1.82, 2.24) is 5.43 Å². The van der Waals surface area contributed by atoms with E-state index in [1.165, 1.54) is 37.2 Å². The first-order valence-corrected chi connectivity index (χ1v) is 10.4. The van der Waals surface area contributed by atoms with Gasteiger partial charge in [-0.25, -0.2) is 8.78 Å². The van der Waals surface area contributed by atoms with Crippen LogP contribution in [0.1, 0.15) is 29.5 Å². The van der Waals surface area contributed by atoms with Crippen LogP contribution in [0.5, 0.6) is 0 Å². The Labute approximate surface area is 152 Å². The molecule has 0 saturated carbocycles. The molecule has 1 heterocycles. The summed E-state index contributed by atoms with van der Waals surface area (Å²) in [5.74, 6) is -0.903. The van der Waals surface area contributed by atoms with Crippen molar-refractivity contribution in [1.29, 1.82) is 0 Å². The Kier molecular flexibility index (Phi) is 5.55. The van der Waals surface area contributed by atoms with Crippen molar-refractivity contribution in [3.8, 4) is 0 Å². The van der Waals surface area contributed by atoms with Crippen LogP contribution >= 0.6 is 20.0 Å². The van der Waals surface area contributed by atoms with Crippen molar-refractivity contribution in [2.45, 2.75) is 24.1 Å². The zero-order valence-electron chi connectivity index (χ0n) is 13.9. The van der Waals surface area contributed by atoms with Crippen LogP contribution in [-0.4, -0.2) is 18.0 Å². The molecule has 2 aliphatic rings. The van der Waals surface area contributed by atoms with Gasteiger partial charge in [-0.3, -0.25) is 5.43 Å². The Morgan fingerprint density at radius 3 is 2.80 bits per heavy atom. The fourth-order valence-corrected chi connectivity index (χ4v) is 4.48. The van der Waals surface area contributed by atoms with Crippen molar-refractivity contribution in [3.05, 3.63) is 70.8 Å². The maximum absolute atomic E-state index is 14.0. The second-order valence-corrected chi connectivity index (χ2v) is 7.83. The molecule has 1 atom stereocenters. The number of thioether (sulfide) groups is 1. The molecule has 0 saturated heterocycles. The van der Waals surface area contributed by atoms with E-state index in [9.17, 15) is 8.78 Å². The fraction of sp³-hybridized carbons (Fsp3) is 0.263. The number of hydrogen-bond donors (Lipinski definition) is 1. The van der Waals surface area contributed by atoms with Crippen LogP contribution in [0.3, 0.4) is 0 Å². The summed E-state index contributed by atoms with van der Waals surface area (Å²) in [5, 5.41) is 4.81. The molecule has 1 spiro atoms. The third-order valence-corrected chi connectivity index (χ3v) is 5.56. The molecule has 6 heteroatoms. The van der Waals surface area contributed by atoms with Crippen LogP contribution in [0.4, 0.5) is 8.78 Å². The van der Waals surface area contributed by atoms with E-state index in [4.69, 9.17) is 0 Å². The van der Waals surface area contributed by atoms with E-state index < -0.39 is 11.6 Å². The van der Waals surface area contributed by atoms with Crippen LogP contribution in [0, 0.1) is 11.6 Å². The van der Waals surface area contributed by atoms with Gasteiger partial charge in [0, 0.05) is 5.56 Å². The smallest absolute Gasteiger partial charge is 0.133 e. The van der Waals surface area contributed by atoms with Gasteiger partial charge in [-0.05, 0) is 55.3 Å². The zero-order chi connectivity index (χ0) is 17.9. The highest BCUT2D eigenvalue weighted by atomic mass is 32.2. The molecule has 1 aliphatic heterocycles. The van der Waals surface area contributed by atoms with Gasteiger partial charge in [-0.15, -0.1) is 8.20 Å². The summed E-state index contributed by atoms with van der Waals surface area (Å²) in [6.07, 6.45) is 6.47. The molecule has 1 aliphatic carbocycles. The molecule has 4 rings (SSSR count). The van der Waals surface area contributed by atoms with Gasteiger partial charge in [0.1, 0.15) is 21.5 Å². The lowest BCUT2D eigenvalue weighted by atomic mass is 9.87. The molecule has 0 amide bonds. The van der Waals surface area contributed by atoms with Gasteiger partial charge in [0.05, 0.1) is 0 Å². The van der Waals surface area contributed by atoms with E-state index in [-0.39, 0.29) is 10.4 Å². The van der Waals surface area contributed by atoms with Crippen molar-refractivity contribution < 1.29 is 8.78 Å². The molecule has 1 N–H and O–H groups in total. The zero-order valence-corrected chi connectivity index (χ0v) is 15.6. The minimum Gasteiger partial charge on any atom is -0.288 e. The van der Waals surface area contributed by atoms with E-state index in [2.05, 4.69) is 29.0 Å².